The topological polar surface area (TPSA) is 183 Å². The lowest BCUT2D eigenvalue weighted by atomic mass is 9.90. The number of aliphatic hydroxyl groups is 1. The molecule has 0 aromatic rings. The molecule has 252 valence electrons. The van der Waals surface area contributed by atoms with Gasteiger partial charge in [0.2, 0.25) is 11.6 Å². The number of epoxide rings is 1. The highest BCUT2D eigenvalue weighted by Crippen LogP contribution is 2.35. The first-order chi connectivity index (χ1) is 22.6. The van der Waals surface area contributed by atoms with E-state index < -0.39 is 66.3 Å². The van der Waals surface area contributed by atoms with Crippen LogP contribution < -0.4 is 0 Å². The first-order valence-corrected chi connectivity index (χ1v) is 15.0. The second-order valence-corrected chi connectivity index (χ2v) is 11.2. The second-order valence-electron chi connectivity index (χ2n) is 11.2. The van der Waals surface area contributed by atoms with Crippen LogP contribution in [0.5, 0.6) is 0 Å². The molecule has 0 bridgehead atoms. The van der Waals surface area contributed by atoms with Gasteiger partial charge in [-0.3, -0.25) is 19.2 Å². The van der Waals surface area contributed by atoms with Gasteiger partial charge in [0.05, 0.1) is 11.1 Å². The van der Waals surface area contributed by atoms with Gasteiger partial charge in [0.25, 0.3) is 0 Å². The van der Waals surface area contributed by atoms with Crippen molar-refractivity contribution in [3.05, 3.63) is 70.9 Å². The number of aliphatic hydroxyl groups excluding tert-OH is 1. The number of hydrogen-bond acceptors (Lipinski definition) is 11. The number of ketones is 2. The molecule has 1 fully saturated rings. The van der Waals surface area contributed by atoms with E-state index in [4.69, 9.17) is 24.1 Å². The number of carboxylic acid groups (broad SMARTS) is 1. The number of carboxylic acids is 1. The molecule has 0 radical (unpaired) electrons. The number of rotatable bonds is 11. The molecule has 2 N–H and O–H groups in total. The fraction of sp³-hybridized carbons (Fsp3) is 0.389. The first-order valence-electron chi connectivity index (χ1n) is 15.0. The average Bonchev–Trinajstić information content (AvgIpc) is 3.82. The lowest BCUT2D eigenvalue weighted by Crippen LogP contribution is -2.49. The van der Waals surface area contributed by atoms with Crippen LogP contribution in [0.2, 0.25) is 0 Å². The lowest BCUT2D eigenvalue weighted by molar-refractivity contribution is -0.168. The summed E-state index contributed by atoms with van der Waals surface area (Å²) in [6.45, 7) is 13.0. The van der Waals surface area contributed by atoms with Crippen LogP contribution in [0.25, 0.3) is 0 Å². The summed E-state index contributed by atoms with van der Waals surface area (Å²) in [6.07, 6.45) is 0.337. The standard InChI is InChI=1S/C36H36O12/c1-19(9-7-11-21(3)35(42)43)13-15-25-17-27(45-23(5)37)31(41)33(29(25)39)48-36(44)22(4)12-8-10-20(2)14-16-26-18-28(46-24(6)38)32-34(47-32)30(26)40/h11-12,17-18,27-28,31-34,41H,1-2,7-10H2,3-6H3,(H,42,43). The van der Waals surface area contributed by atoms with E-state index in [2.05, 4.69) is 36.8 Å². The third-order valence-electron chi connectivity index (χ3n) is 7.24. The van der Waals surface area contributed by atoms with Crippen LogP contribution in [0.1, 0.15) is 53.4 Å². The van der Waals surface area contributed by atoms with Crippen molar-refractivity contribution in [2.75, 3.05) is 0 Å². The smallest absolute Gasteiger partial charge is 0.334 e. The van der Waals surface area contributed by atoms with Gasteiger partial charge in [-0.2, -0.15) is 0 Å². The number of allylic oxidation sites excluding steroid dienone is 4. The van der Waals surface area contributed by atoms with Crippen LogP contribution in [-0.4, -0.2) is 82.3 Å². The van der Waals surface area contributed by atoms with Crippen molar-refractivity contribution in [3.8, 4) is 23.7 Å². The second kappa shape index (κ2) is 16.5. The quantitative estimate of drug-likeness (QED) is 0.109. The number of esters is 3. The summed E-state index contributed by atoms with van der Waals surface area (Å²) in [5.74, 6) is 6.57. The van der Waals surface area contributed by atoms with Crippen LogP contribution in [0, 0.1) is 23.7 Å². The Morgan fingerprint density at radius 1 is 0.812 bits per heavy atom. The number of hydrogen-bond donors (Lipinski definition) is 2. The molecular weight excluding hydrogens is 624 g/mol. The largest absolute Gasteiger partial charge is 0.478 e. The summed E-state index contributed by atoms with van der Waals surface area (Å²) in [5, 5.41) is 19.7. The number of carbonyl (C=O) groups is 6. The number of aliphatic carboxylic acids is 1. The van der Waals surface area contributed by atoms with E-state index in [1.54, 1.807) is 0 Å². The summed E-state index contributed by atoms with van der Waals surface area (Å²) in [7, 11) is 0. The van der Waals surface area contributed by atoms with Crippen LogP contribution in [-0.2, 0) is 47.7 Å². The highest BCUT2D eigenvalue weighted by molar-refractivity contribution is 6.06. The third-order valence-corrected chi connectivity index (χ3v) is 7.24. The number of ether oxygens (including phenoxy) is 4. The van der Waals surface area contributed by atoms with Crippen molar-refractivity contribution in [2.24, 2.45) is 0 Å². The van der Waals surface area contributed by atoms with Crippen LogP contribution >= 0.6 is 0 Å². The zero-order valence-corrected chi connectivity index (χ0v) is 27.0. The van der Waals surface area contributed by atoms with Crippen LogP contribution in [0.15, 0.2) is 70.9 Å². The molecule has 12 heteroatoms. The van der Waals surface area contributed by atoms with Gasteiger partial charge >= 0.3 is 23.9 Å². The predicted octanol–water partition coefficient (Wildman–Crippen LogP) is 2.56. The van der Waals surface area contributed by atoms with E-state index >= 15 is 0 Å². The summed E-state index contributed by atoms with van der Waals surface area (Å²) in [4.78, 5) is 72.4. The Balaban J connectivity index is 1.62. The summed E-state index contributed by atoms with van der Waals surface area (Å²) >= 11 is 0. The number of carbonyl (C=O) groups excluding carboxylic acids is 5. The van der Waals surface area contributed by atoms with E-state index in [1.807, 2.05) is 0 Å². The van der Waals surface area contributed by atoms with Crippen molar-refractivity contribution >= 4 is 35.4 Å². The van der Waals surface area contributed by atoms with Crippen molar-refractivity contribution < 1.29 is 57.9 Å². The zero-order valence-electron chi connectivity index (χ0n) is 27.0. The molecule has 0 amide bonds. The summed E-state index contributed by atoms with van der Waals surface area (Å²) < 4.78 is 20.9. The SMILES string of the molecule is C=C(C#CC1=CC(OC(C)=O)C(O)C(OC(=O)C(C)=CCCC(=C)C#CC2=CC(OC(C)=O)C3OC3C2=O)C1=O)CCC=C(C)C(=O)O. The molecular formula is C36H36O12. The molecule has 0 aromatic heterocycles. The van der Waals surface area contributed by atoms with Gasteiger partial charge in [-0.25, -0.2) is 9.59 Å². The maximum atomic E-state index is 13.2. The molecule has 12 nitrogen and oxygen atoms in total. The van der Waals surface area contributed by atoms with Gasteiger partial charge in [0.1, 0.15) is 12.2 Å². The Morgan fingerprint density at radius 2 is 1.31 bits per heavy atom. The predicted molar refractivity (Wildman–Crippen MR) is 169 cm³/mol. The molecule has 2 aliphatic carbocycles. The molecule has 1 saturated heterocycles. The molecule has 0 aromatic carbocycles. The molecule has 0 saturated carbocycles. The van der Waals surface area contributed by atoms with E-state index in [1.165, 1.54) is 45.1 Å². The van der Waals surface area contributed by atoms with Crippen LogP contribution in [0.3, 0.4) is 0 Å². The van der Waals surface area contributed by atoms with Crippen LogP contribution in [0.4, 0.5) is 0 Å². The number of fused-ring (bicyclic) bond motifs is 1. The molecule has 3 rings (SSSR count). The minimum absolute atomic E-state index is 0.117. The molecule has 0 spiro atoms. The monoisotopic (exact) mass is 660 g/mol. The molecule has 1 aliphatic heterocycles. The maximum absolute atomic E-state index is 13.2. The maximum Gasteiger partial charge on any atom is 0.334 e. The average molecular weight is 661 g/mol. The zero-order chi connectivity index (χ0) is 35.7. The fourth-order valence-electron chi connectivity index (χ4n) is 4.56. The Hall–Kier alpha value is -5.30. The Labute approximate surface area is 277 Å². The molecule has 1 heterocycles. The number of Topliss-reactive ketones (excluding diaryl/α,β-unsaturated/α-hetero) is 2. The first kappa shape index (κ1) is 37.2. The van der Waals surface area contributed by atoms with E-state index in [-0.39, 0.29) is 28.1 Å². The minimum atomic E-state index is -1.72. The van der Waals surface area contributed by atoms with E-state index in [0.717, 1.165) is 6.92 Å². The van der Waals surface area contributed by atoms with Crippen molar-refractivity contribution in [3.63, 3.8) is 0 Å². The summed E-state index contributed by atoms with van der Waals surface area (Å²) in [5.41, 5.74) is 1.13. The molecule has 3 aliphatic rings. The Bertz CT molecular complexity index is 1680. The molecule has 48 heavy (non-hydrogen) atoms. The van der Waals surface area contributed by atoms with Gasteiger partial charge < -0.3 is 29.2 Å². The van der Waals surface area contributed by atoms with Gasteiger partial charge in [-0.1, -0.05) is 49.0 Å². The summed E-state index contributed by atoms with van der Waals surface area (Å²) in [6, 6.07) is 0. The Kier molecular flexibility index (Phi) is 12.8. The van der Waals surface area contributed by atoms with Crippen molar-refractivity contribution in [1.82, 2.24) is 0 Å². The van der Waals surface area contributed by atoms with Gasteiger partial charge in [0.15, 0.2) is 24.4 Å². The minimum Gasteiger partial charge on any atom is -0.478 e. The highest BCUT2D eigenvalue weighted by atomic mass is 16.6. The van der Waals surface area contributed by atoms with Gasteiger partial charge in [-0.15, -0.1) is 0 Å². The highest BCUT2D eigenvalue weighted by Gasteiger charge is 2.54. The fourth-order valence-corrected chi connectivity index (χ4v) is 4.56. The third kappa shape index (κ3) is 10.4. The Morgan fingerprint density at radius 3 is 1.85 bits per heavy atom. The van der Waals surface area contributed by atoms with Crippen molar-refractivity contribution in [2.45, 2.75) is 90.0 Å². The van der Waals surface area contributed by atoms with E-state index in [0.29, 0.717) is 36.8 Å². The van der Waals surface area contributed by atoms with Crippen molar-refractivity contribution in [1.29, 1.82) is 0 Å². The van der Waals surface area contributed by atoms with E-state index in [9.17, 15) is 33.9 Å². The van der Waals surface area contributed by atoms with Gasteiger partial charge in [0, 0.05) is 25.0 Å². The molecule has 6 unspecified atom stereocenters. The normalized spacial score (nSPS) is 24.6. The van der Waals surface area contributed by atoms with Gasteiger partial charge in [-0.05, 0) is 62.8 Å². The lowest BCUT2D eigenvalue weighted by Gasteiger charge is -2.30. The molecule has 6 atom stereocenters.